The van der Waals surface area contributed by atoms with Crippen LogP contribution in [-0.2, 0) is 22.9 Å². The van der Waals surface area contributed by atoms with Gasteiger partial charge in [-0.2, -0.15) is 4.31 Å². The van der Waals surface area contributed by atoms with Crippen molar-refractivity contribution in [2.24, 2.45) is 11.7 Å². The second-order valence-corrected chi connectivity index (χ2v) is 7.15. The van der Waals surface area contributed by atoms with Crippen LogP contribution in [0, 0.1) is 5.92 Å². The lowest BCUT2D eigenvalue weighted by Gasteiger charge is -2.37. The Labute approximate surface area is 108 Å². The molecule has 0 aromatic heterocycles. The van der Waals surface area contributed by atoms with E-state index >= 15 is 0 Å². The third-order valence-electron chi connectivity index (χ3n) is 3.96. The van der Waals surface area contributed by atoms with Crippen molar-refractivity contribution < 1.29 is 8.42 Å². The zero-order chi connectivity index (χ0) is 12.8. The minimum Gasteiger partial charge on any atom is -0.330 e. The Morgan fingerprint density at radius 2 is 1.94 bits per heavy atom. The number of rotatable bonds is 3. The number of nitrogens with two attached hydrogens (primary N) is 1. The van der Waals surface area contributed by atoms with Crippen molar-refractivity contribution >= 4 is 10.0 Å². The fraction of sp³-hybridized carbons (Fsp3) is 0.538. The fourth-order valence-corrected chi connectivity index (χ4v) is 4.37. The molecular formula is C13H18N2O2S. The summed E-state index contributed by atoms with van der Waals surface area (Å²) in [7, 11) is -3.29. The number of hydrogen-bond acceptors (Lipinski definition) is 3. The van der Waals surface area contributed by atoms with Crippen LogP contribution in [0.5, 0.6) is 0 Å². The van der Waals surface area contributed by atoms with Gasteiger partial charge in [0.15, 0.2) is 0 Å². The Balaban J connectivity index is 1.86. The predicted octanol–water partition coefficient (Wildman–Crippen LogP) is 0.754. The molecule has 1 aliphatic heterocycles. The van der Waals surface area contributed by atoms with Crippen molar-refractivity contribution in [3.63, 3.8) is 0 Å². The van der Waals surface area contributed by atoms with Crippen LogP contribution in [0.25, 0.3) is 0 Å². The molecule has 0 amide bonds. The van der Waals surface area contributed by atoms with Gasteiger partial charge in [-0.05, 0) is 55.0 Å². The van der Waals surface area contributed by atoms with Crippen molar-refractivity contribution in [3.8, 4) is 0 Å². The largest absolute Gasteiger partial charge is 0.330 e. The summed E-state index contributed by atoms with van der Waals surface area (Å²) in [4.78, 5) is 0.443. The monoisotopic (exact) mass is 266 g/mol. The molecule has 0 bridgehead atoms. The SMILES string of the molecule is NCC1CN(S(=O)(=O)c2ccc3c(c2)CCC3)C1. The zero-order valence-electron chi connectivity index (χ0n) is 10.3. The van der Waals surface area contributed by atoms with Gasteiger partial charge in [0, 0.05) is 13.1 Å². The van der Waals surface area contributed by atoms with E-state index in [0.717, 1.165) is 19.3 Å². The van der Waals surface area contributed by atoms with E-state index < -0.39 is 10.0 Å². The Hall–Kier alpha value is -0.910. The van der Waals surface area contributed by atoms with Gasteiger partial charge in [0.1, 0.15) is 0 Å². The number of aryl methyl sites for hydroxylation is 2. The molecular weight excluding hydrogens is 248 g/mol. The first kappa shape index (κ1) is 12.1. The van der Waals surface area contributed by atoms with Crippen molar-refractivity contribution in [2.45, 2.75) is 24.2 Å². The second kappa shape index (κ2) is 4.33. The first-order valence-electron chi connectivity index (χ1n) is 6.43. The molecule has 2 N–H and O–H groups in total. The van der Waals surface area contributed by atoms with E-state index in [1.807, 2.05) is 12.1 Å². The molecule has 0 atom stereocenters. The maximum absolute atomic E-state index is 12.4. The van der Waals surface area contributed by atoms with Crippen LogP contribution < -0.4 is 5.73 Å². The lowest BCUT2D eigenvalue weighted by Crippen LogP contribution is -2.52. The molecule has 98 valence electrons. The summed E-state index contributed by atoms with van der Waals surface area (Å²) in [6.07, 6.45) is 3.22. The van der Waals surface area contributed by atoms with Crippen LogP contribution in [0.4, 0.5) is 0 Å². The van der Waals surface area contributed by atoms with E-state index in [0.29, 0.717) is 30.4 Å². The van der Waals surface area contributed by atoms with Crippen LogP contribution in [0.1, 0.15) is 17.5 Å². The highest BCUT2D eigenvalue weighted by atomic mass is 32.2. The van der Waals surface area contributed by atoms with Gasteiger partial charge in [0.05, 0.1) is 4.90 Å². The predicted molar refractivity (Wildman–Crippen MR) is 69.8 cm³/mol. The Morgan fingerprint density at radius 3 is 2.67 bits per heavy atom. The molecule has 1 aromatic rings. The summed E-state index contributed by atoms with van der Waals surface area (Å²) in [5, 5.41) is 0. The zero-order valence-corrected chi connectivity index (χ0v) is 11.1. The van der Waals surface area contributed by atoms with Gasteiger partial charge in [-0.15, -0.1) is 0 Å². The molecule has 18 heavy (non-hydrogen) atoms. The normalized spacial score (nSPS) is 20.7. The molecule has 1 aromatic carbocycles. The molecule has 3 rings (SSSR count). The van der Waals surface area contributed by atoms with Crippen molar-refractivity contribution in [2.75, 3.05) is 19.6 Å². The molecule has 4 nitrogen and oxygen atoms in total. The van der Waals surface area contributed by atoms with Gasteiger partial charge in [0.2, 0.25) is 10.0 Å². The molecule has 0 saturated carbocycles. The van der Waals surface area contributed by atoms with Gasteiger partial charge < -0.3 is 5.73 Å². The first-order valence-corrected chi connectivity index (χ1v) is 7.87. The average molecular weight is 266 g/mol. The molecule has 0 radical (unpaired) electrons. The van der Waals surface area contributed by atoms with Crippen LogP contribution in [-0.4, -0.2) is 32.4 Å². The number of hydrogen-bond donors (Lipinski definition) is 1. The first-order chi connectivity index (χ1) is 8.61. The Kier molecular flexibility index (Phi) is 2.92. The minimum absolute atomic E-state index is 0.328. The van der Waals surface area contributed by atoms with Gasteiger partial charge in [-0.3, -0.25) is 0 Å². The molecule has 2 aliphatic rings. The van der Waals surface area contributed by atoms with Crippen molar-refractivity contribution in [1.29, 1.82) is 0 Å². The fourth-order valence-electron chi connectivity index (χ4n) is 2.73. The standard InChI is InChI=1S/C13H18N2O2S/c14-7-10-8-15(9-10)18(16,17)13-5-4-11-2-1-3-12(11)6-13/h4-6,10H,1-3,7-9,14H2. The van der Waals surface area contributed by atoms with E-state index in [9.17, 15) is 8.42 Å². The van der Waals surface area contributed by atoms with Crippen LogP contribution >= 0.6 is 0 Å². The highest BCUT2D eigenvalue weighted by Crippen LogP contribution is 2.29. The van der Waals surface area contributed by atoms with Gasteiger partial charge in [0.25, 0.3) is 0 Å². The van der Waals surface area contributed by atoms with Crippen LogP contribution in [0.15, 0.2) is 23.1 Å². The lowest BCUT2D eigenvalue weighted by molar-refractivity contribution is 0.207. The summed E-state index contributed by atoms with van der Waals surface area (Å²) >= 11 is 0. The average Bonchev–Trinajstić information content (AvgIpc) is 2.73. The lowest BCUT2D eigenvalue weighted by atomic mass is 10.0. The third-order valence-corrected chi connectivity index (χ3v) is 5.79. The van der Waals surface area contributed by atoms with E-state index in [4.69, 9.17) is 5.73 Å². The number of fused-ring (bicyclic) bond motifs is 1. The van der Waals surface area contributed by atoms with Gasteiger partial charge >= 0.3 is 0 Å². The van der Waals surface area contributed by atoms with E-state index in [2.05, 4.69) is 0 Å². The highest BCUT2D eigenvalue weighted by Gasteiger charge is 2.36. The van der Waals surface area contributed by atoms with Gasteiger partial charge in [-0.1, -0.05) is 6.07 Å². The summed E-state index contributed by atoms with van der Waals surface area (Å²) in [6, 6.07) is 5.57. The second-order valence-electron chi connectivity index (χ2n) is 5.21. The maximum Gasteiger partial charge on any atom is 0.243 e. The van der Waals surface area contributed by atoms with E-state index in [-0.39, 0.29) is 0 Å². The molecule has 1 saturated heterocycles. The maximum atomic E-state index is 12.4. The minimum atomic E-state index is -3.29. The number of nitrogens with zero attached hydrogens (tertiary/aromatic N) is 1. The smallest absolute Gasteiger partial charge is 0.243 e. The quantitative estimate of drug-likeness (QED) is 0.878. The van der Waals surface area contributed by atoms with E-state index in [1.165, 1.54) is 15.4 Å². The topological polar surface area (TPSA) is 63.4 Å². The van der Waals surface area contributed by atoms with Crippen LogP contribution in [0.3, 0.4) is 0 Å². The third kappa shape index (κ3) is 1.86. The molecule has 5 heteroatoms. The molecule has 1 aliphatic carbocycles. The van der Waals surface area contributed by atoms with Crippen molar-refractivity contribution in [1.82, 2.24) is 4.31 Å². The molecule has 0 unspecified atom stereocenters. The Morgan fingerprint density at radius 1 is 1.22 bits per heavy atom. The number of benzene rings is 1. The summed E-state index contributed by atoms with van der Waals surface area (Å²) in [5.74, 6) is 0.328. The summed E-state index contributed by atoms with van der Waals surface area (Å²) < 4.78 is 26.3. The van der Waals surface area contributed by atoms with Gasteiger partial charge in [-0.25, -0.2) is 8.42 Å². The highest BCUT2D eigenvalue weighted by molar-refractivity contribution is 7.89. The Bertz CT molecular complexity index is 562. The summed E-state index contributed by atoms with van der Waals surface area (Å²) in [6.45, 7) is 1.70. The molecule has 0 spiro atoms. The molecule has 1 fully saturated rings. The summed E-state index contributed by atoms with van der Waals surface area (Å²) in [5.41, 5.74) is 8.03. The number of sulfonamides is 1. The van der Waals surface area contributed by atoms with Crippen molar-refractivity contribution in [3.05, 3.63) is 29.3 Å². The van der Waals surface area contributed by atoms with E-state index in [1.54, 1.807) is 6.07 Å². The molecule has 1 heterocycles. The van der Waals surface area contributed by atoms with Crippen LogP contribution in [0.2, 0.25) is 0 Å².